The van der Waals surface area contributed by atoms with E-state index in [-0.39, 0.29) is 0 Å². The van der Waals surface area contributed by atoms with Gasteiger partial charge in [-0.15, -0.1) is 11.3 Å². The predicted molar refractivity (Wildman–Crippen MR) is 85.7 cm³/mol. The molecule has 2 saturated heterocycles. The van der Waals surface area contributed by atoms with Crippen LogP contribution in [0.15, 0.2) is 11.6 Å². The molecule has 0 N–H and O–H groups in total. The SMILES string of the molecule is CN1CCCCC1CCN1CCN(c2nccs2)CC1. The van der Waals surface area contributed by atoms with E-state index in [1.54, 1.807) is 11.3 Å². The predicted octanol–water partition coefficient (Wildman–Crippen LogP) is 2.14. The minimum absolute atomic E-state index is 0.820. The first kappa shape index (κ1) is 14.3. The lowest BCUT2D eigenvalue weighted by atomic mass is 10.00. The summed E-state index contributed by atoms with van der Waals surface area (Å²) in [5.74, 6) is 0. The average Bonchev–Trinajstić information content (AvgIpc) is 3.01. The lowest BCUT2D eigenvalue weighted by Gasteiger charge is -2.37. The molecule has 4 nitrogen and oxygen atoms in total. The van der Waals surface area contributed by atoms with Crippen LogP contribution in [0.2, 0.25) is 0 Å². The van der Waals surface area contributed by atoms with Gasteiger partial charge in [-0.25, -0.2) is 4.98 Å². The van der Waals surface area contributed by atoms with Gasteiger partial charge in [0.1, 0.15) is 0 Å². The minimum atomic E-state index is 0.820. The second kappa shape index (κ2) is 6.87. The van der Waals surface area contributed by atoms with Gasteiger partial charge >= 0.3 is 0 Å². The van der Waals surface area contributed by atoms with Crippen molar-refractivity contribution in [3.8, 4) is 0 Å². The topological polar surface area (TPSA) is 22.6 Å². The van der Waals surface area contributed by atoms with Crippen LogP contribution in [0.25, 0.3) is 0 Å². The number of hydrogen-bond acceptors (Lipinski definition) is 5. The lowest BCUT2D eigenvalue weighted by molar-refractivity contribution is 0.151. The second-order valence-corrected chi connectivity index (χ2v) is 6.94. The Morgan fingerprint density at radius 3 is 2.75 bits per heavy atom. The number of nitrogens with zero attached hydrogens (tertiary/aromatic N) is 4. The van der Waals surface area contributed by atoms with Crippen molar-refractivity contribution < 1.29 is 0 Å². The first-order valence-corrected chi connectivity index (χ1v) is 8.78. The molecular weight excluding hydrogens is 268 g/mol. The summed E-state index contributed by atoms with van der Waals surface area (Å²) in [7, 11) is 2.30. The molecule has 1 atom stereocenters. The van der Waals surface area contributed by atoms with Crippen LogP contribution in [0.1, 0.15) is 25.7 Å². The Morgan fingerprint density at radius 1 is 1.20 bits per heavy atom. The molecule has 3 heterocycles. The van der Waals surface area contributed by atoms with Crippen molar-refractivity contribution in [2.75, 3.05) is 51.2 Å². The van der Waals surface area contributed by atoms with Gasteiger partial charge in [0.2, 0.25) is 0 Å². The minimum Gasteiger partial charge on any atom is -0.346 e. The van der Waals surface area contributed by atoms with Crippen LogP contribution >= 0.6 is 11.3 Å². The molecule has 3 rings (SSSR count). The van der Waals surface area contributed by atoms with E-state index >= 15 is 0 Å². The van der Waals surface area contributed by atoms with Gasteiger partial charge in [0, 0.05) is 43.8 Å². The van der Waals surface area contributed by atoms with E-state index in [1.165, 1.54) is 57.0 Å². The van der Waals surface area contributed by atoms with Crippen molar-refractivity contribution >= 4 is 16.5 Å². The van der Waals surface area contributed by atoms with Crippen molar-refractivity contribution in [3.05, 3.63) is 11.6 Å². The summed E-state index contributed by atoms with van der Waals surface area (Å²) < 4.78 is 0. The molecule has 0 spiro atoms. The van der Waals surface area contributed by atoms with Gasteiger partial charge in [0.15, 0.2) is 5.13 Å². The first-order chi connectivity index (χ1) is 9.83. The Hall–Kier alpha value is -0.650. The zero-order valence-corrected chi connectivity index (χ0v) is 13.3. The molecule has 0 aliphatic carbocycles. The fourth-order valence-corrected chi connectivity index (χ4v) is 4.07. The van der Waals surface area contributed by atoms with Crippen LogP contribution in [-0.4, -0.2) is 67.1 Å². The van der Waals surface area contributed by atoms with E-state index in [4.69, 9.17) is 0 Å². The van der Waals surface area contributed by atoms with E-state index < -0.39 is 0 Å². The highest BCUT2D eigenvalue weighted by molar-refractivity contribution is 7.13. The molecule has 1 unspecified atom stereocenters. The normalized spacial score (nSPS) is 26.1. The number of likely N-dealkylation sites (tertiary alicyclic amines) is 1. The van der Waals surface area contributed by atoms with Crippen LogP contribution in [0.3, 0.4) is 0 Å². The maximum absolute atomic E-state index is 4.41. The summed E-state index contributed by atoms with van der Waals surface area (Å²) >= 11 is 1.76. The van der Waals surface area contributed by atoms with Gasteiger partial charge in [-0.1, -0.05) is 6.42 Å². The molecule has 2 aliphatic rings. The number of hydrogen-bond donors (Lipinski definition) is 0. The smallest absolute Gasteiger partial charge is 0.185 e. The third-order valence-electron chi connectivity index (χ3n) is 4.76. The Bertz CT molecular complexity index is 387. The van der Waals surface area contributed by atoms with Gasteiger partial charge in [0.05, 0.1) is 0 Å². The molecule has 0 radical (unpaired) electrons. The molecule has 1 aromatic heterocycles. The number of rotatable bonds is 4. The zero-order valence-electron chi connectivity index (χ0n) is 12.5. The molecule has 0 amide bonds. The van der Waals surface area contributed by atoms with E-state index in [0.717, 1.165) is 19.1 Å². The summed E-state index contributed by atoms with van der Waals surface area (Å²) in [5.41, 5.74) is 0. The molecule has 0 bridgehead atoms. The molecule has 112 valence electrons. The van der Waals surface area contributed by atoms with Gasteiger partial charge in [-0.3, -0.25) is 4.90 Å². The highest BCUT2D eigenvalue weighted by Crippen LogP contribution is 2.20. The average molecular weight is 294 g/mol. The Labute approximate surface area is 126 Å². The van der Waals surface area contributed by atoms with Crippen molar-refractivity contribution in [2.24, 2.45) is 0 Å². The van der Waals surface area contributed by atoms with E-state index in [2.05, 4.69) is 32.1 Å². The molecular formula is C15H26N4S. The van der Waals surface area contributed by atoms with Crippen molar-refractivity contribution in [2.45, 2.75) is 31.7 Å². The molecule has 0 saturated carbocycles. The Balaban J connectivity index is 1.40. The van der Waals surface area contributed by atoms with Crippen LogP contribution < -0.4 is 4.90 Å². The van der Waals surface area contributed by atoms with Crippen LogP contribution in [0.5, 0.6) is 0 Å². The highest BCUT2D eigenvalue weighted by atomic mass is 32.1. The monoisotopic (exact) mass is 294 g/mol. The molecule has 2 fully saturated rings. The third kappa shape index (κ3) is 3.51. The lowest BCUT2D eigenvalue weighted by Crippen LogP contribution is -2.48. The number of piperidine rings is 1. The summed E-state index contributed by atoms with van der Waals surface area (Å²) in [4.78, 5) is 12.0. The summed E-state index contributed by atoms with van der Waals surface area (Å²) in [6, 6.07) is 0.820. The maximum Gasteiger partial charge on any atom is 0.185 e. The Kier molecular flexibility index (Phi) is 4.91. The standard InChI is InChI=1S/C15H26N4S/c1-17-7-3-2-4-14(17)5-8-18-9-11-19(12-10-18)15-16-6-13-20-15/h6,13-14H,2-5,7-12H2,1H3. The number of aromatic nitrogens is 1. The second-order valence-electron chi connectivity index (χ2n) is 6.06. The highest BCUT2D eigenvalue weighted by Gasteiger charge is 2.22. The van der Waals surface area contributed by atoms with Crippen molar-refractivity contribution in [1.29, 1.82) is 0 Å². The van der Waals surface area contributed by atoms with Crippen LogP contribution in [0, 0.1) is 0 Å². The van der Waals surface area contributed by atoms with Crippen molar-refractivity contribution in [3.63, 3.8) is 0 Å². The van der Waals surface area contributed by atoms with Gasteiger partial charge in [-0.2, -0.15) is 0 Å². The third-order valence-corrected chi connectivity index (χ3v) is 5.59. The summed E-state index contributed by atoms with van der Waals surface area (Å²) in [6.07, 6.45) is 7.46. The Morgan fingerprint density at radius 2 is 2.05 bits per heavy atom. The zero-order chi connectivity index (χ0) is 13.8. The summed E-state index contributed by atoms with van der Waals surface area (Å²) in [6.45, 7) is 7.21. The maximum atomic E-state index is 4.41. The quantitative estimate of drug-likeness (QED) is 0.848. The molecule has 20 heavy (non-hydrogen) atoms. The van der Waals surface area contributed by atoms with E-state index in [9.17, 15) is 0 Å². The van der Waals surface area contributed by atoms with Gasteiger partial charge in [-0.05, 0) is 39.4 Å². The van der Waals surface area contributed by atoms with Gasteiger partial charge < -0.3 is 9.80 Å². The van der Waals surface area contributed by atoms with Crippen LogP contribution in [-0.2, 0) is 0 Å². The van der Waals surface area contributed by atoms with E-state index in [0.29, 0.717) is 0 Å². The number of thiazole rings is 1. The molecule has 2 aliphatic heterocycles. The fourth-order valence-electron chi connectivity index (χ4n) is 3.38. The molecule has 0 aromatic carbocycles. The summed E-state index contributed by atoms with van der Waals surface area (Å²) in [5, 5.41) is 3.26. The molecule has 1 aromatic rings. The van der Waals surface area contributed by atoms with E-state index in [1.807, 2.05) is 6.20 Å². The first-order valence-electron chi connectivity index (χ1n) is 7.90. The number of piperazine rings is 1. The van der Waals surface area contributed by atoms with Crippen LogP contribution in [0.4, 0.5) is 5.13 Å². The fraction of sp³-hybridized carbons (Fsp3) is 0.800. The number of anilines is 1. The van der Waals surface area contributed by atoms with Crippen molar-refractivity contribution in [1.82, 2.24) is 14.8 Å². The van der Waals surface area contributed by atoms with Gasteiger partial charge in [0.25, 0.3) is 0 Å². The molecule has 5 heteroatoms. The largest absolute Gasteiger partial charge is 0.346 e.